The van der Waals surface area contributed by atoms with E-state index in [1.807, 2.05) is 24.5 Å². The zero-order chi connectivity index (χ0) is 26.5. The first-order valence-corrected chi connectivity index (χ1v) is 17.3. The van der Waals surface area contributed by atoms with Crippen molar-refractivity contribution < 1.29 is 9.22 Å². The molecule has 2 fully saturated rings. The second-order valence-corrected chi connectivity index (χ2v) is 18.5. The minimum absolute atomic E-state index is 0.00867. The number of hydrogen-bond donors (Lipinski definition) is 0. The lowest BCUT2D eigenvalue weighted by Gasteiger charge is -2.48. The van der Waals surface area contributed by atoms with Gasteiger partial charge in [0.2, 0.25) is 0 Å². The highest BCUT2D eigenvalue weighted by Crippen LogP contribution is 2.43. The van der Waals surface area contributed by atoms with Crippen LogP contribution in [0, 0.1) is 11.8 Å². The van der Waals surface area contributed by atoms with E-state index in [0.29, 0.717) is 29.1 Å². The molecule has 4 heterocycles. The van der Waals surface area contributed by atoms with Crippen molar-refractivity contribution in [2.75, 3.05) is 18.0 Å². The van der Waals surface area contributed by atoms with Gasteiger partial charge in [0.1, 0.15) is 5.69 Å². The zero-order valence-corrected chi connectivity index (χ0v) is 25.1. The van der Waals surface area contributed by atoms with Crippen molar-refractivity contribution >= 4 is 41.5 Å². The molecule has 8 heteroatoms. The molecule has 198 valence electrons. The maximum absolute atomic E-state index is 13.3. The SMILES string of the molecule is C[C@@H]1CN(c2ccncc2CC(=O)c2ccc3sc(C4CC4)nc3n2)C[C@H](C)C1O[Si](C)(C)C(C)(C)C. The molecule has 3 atom stereocenters. The topological polar surface area (TPSA) is 68.2 Å². The summed E-state index contributed by atoms with van der Waals surface area (Å²) in [6.45, 7) is 18.0. The number of Topliss-reactive ketones (excluding diaryl/α,β-unsaturated/α-hetero) is 1. The Balaban J connectivity index is 1.31. The smallest absolute Gasteiger partial charge is 0.192 e. The van der Waals surface area contributed by atoms with E-state index in [0.717, 1.165) is 34.0 Å². The third kappa shape index (κ3) is 5.52. The molecule has 6 nitrogen and oxygen atoms in total. The van der Waals surface area contributed by atoms with E-state index in [1.165, 1.54) is 12.8 Å². The molecule has 1 aliphatic carbocycles. The summed E-state index contributed by atoms with van der Waals surface area (Å²) in [5.74, 6) is 1.39. The highest BCUT2D eigenvalue weighted by atomic mass is 32.1. The van der Waals surface area contributed by atoms with Crippen molar-refractivity contribution in [3.05, 3.63) is 46.9 Å². The lowest BCUT2D eigenvalue weighted by atomic mass is 9.87. The van der Waals surface area contributed by atoms with Gasteiger partial charge in [-0.2, -0.15) is 0 Å². The number of nitrogens with zero attached hydrogens (tertiary/aromatic N) is 4. The number of anilines is 1. The Bertz CT molecular complexity index is 1280. The van der Waals surface area contributed by atoms with E-state index in [-0.39, 0.29) is 23.3 Å². The van der Waals surface area contributed by atoms with Crippen LogP contribution in [0.3, 0.4) is 0 Å². The molecule has 3 aromatic rings. The highest BCUT2D eigenvalue weighted by molar-refractivity contribution is 7.18. The average molecular weight is 537 g/mol. The van der Waals surface area contributed by atoms with Crippen molar-refractivity contribution in [3.63, 3.8) is 0 Å². The van der Waals surface area contributed by atoms with Crippen LogP contribution < -0.4 is 4.90 Å². The van der Waals surface area contributed by atoms with Crippen LogP contribution >= 0.6 is 11.3 Å². The minimum atomic E-state index is -1.85. The summed E-state index contributed by atoms with van der Waals surface area (Å²) in [5, 5.41) is 1.35. The van der Waals surface area contributed by atoms with Crippen LogP contribution in [0.25, 0.3) is 10.3 Å². The van der Waals surface area contributed by atoms with Crippen LogP contribution in [0.4, 0.5) is 5.69 Å². The molecular formula is C29H40N4O2SSi. The minimum Gasteiger partial charge on any atom is -0.413 e. The van der Waals surface area contributed by atoms with Crippen molar-refractivity contribution in [1.82, 2.24) is 15.0 Å². The number of carbonyl (C=O) groups is 1. The van der Waals surface area contributed by atoms with Crippen molar-refractivity contribution in [2.45, 2.75) is 84.0 Å². The molecule has 1 saturated carbocycles. The molecule has 0 aromatic carbocycles. The first-order chi connectivity index (χ1) is 17.4. The number of rotatable bonds is 7. The number of ketones is 1. The van der Waals surface area contributed by atoms with Gasteiger partial charge in [0.15, 0.2) is 19.7 Å². The van der Waals surface area contributed by atoms with Crippen LogP contribution in [0.5, 0.6) is 0 Å². The number of hydrogen-bond acceptors (Lipinski definition) is 7. The summed E-state index contributed by atoms with van der Waals surface area (Å²) < 4.78 is 7.95. The molecule has 0 radical (unpaired) electrons. The first-order valence-electron chi connectivity index (χ1n) is 13.6. The van der Waals surface area contributed by atoms with Gasteiger partial charge in [-0.15, -0.1) is 11.3 Å². The Hall–Kier alpha value is -2.16. The lowest BCUT2D eigenvalue weighted by molar-refractivity contribution is 0.0627. The molecule has 37 heavy (non-hydrogen) atoms. The van der Waals surface area contributed by atoms with E-state index in [4.69, 9.17) is 9.41 Å². The van der Waals surface area contributed by atoms with Crippen LogP contribution in [0.15, 0.2) is 30.6 Å². The Morgan fingerprint density at radius 3 is 2.46 bits per heavy atom. The number of aromatic nitrogens is 3. The molecule has 0 N–H and O–H groups in total. The third-order valence-corrected chi connectivity index (χ3v) is 14.1. The van der Waals surface area contributed by atoms with Gasteiger partial charge in [0.05, 0.1) is 15.8 Å². The zero-order valence-electron chi connectivity index (χ0n) is 23.2. The predicted octanol–water partition coefficient (Wildman–Crippen LogP) is 6.87. The summed E-state index contributed by atoms with van der Waals surface area (Å²) in [4.78, 5) is 29.5. The van der Waals surface area contributed by atoms with Gasteiger partial charge in [0.25, 0.3) is 0 Å². The number of thiazole rings is 1. The number of fused-ring (bicyclic) bond motifs is 1. The second kappa shape index (κ2) is 9.86. The monoisotopic (exact) mass is 536 g/mol. The van der Waals surface area contributed by atoms with Gasteiger partial charge < -0.3 is 9.33 Å². The molecule has 5 rings (SSSR count). The van der Waals surface area contributed by atoms with E-state index >= 15 is 0 Å². The van der Waals surface area contributed by atoms with Gasteiger partial charge in [-0.25, -0.2) is 9.97 Å². The quantitative estimate of drug-likeness (QED) is 0.242. The second-order valence-electron chi connectivity index (χ2n) is 12.7. The fourth-order valence-electron chi connectivity index (χ4n) is 5.11. The molecule has 0 amide bonds. The summed E-state index contributed by atoms with van der Waals surface area (Å²) in [5.41, 5.74) is 3.24. The standard InChI is InChI=1S/C29H40N4O2SSi/c1-18-16-33(17-19(2)26(18)35-37(6,7)29(3,4)5)23-12-13-30-15-21(23)14-24(34)22-10-11-25-27(31-22)32-28(36-25)20-8-9-20/h10-13,15,18-20,26H,8-9,14,16-17H2,1-7H3/t18-,19+,26?. The van der Waals surface area contributed by atoms with Crippen molar-refractivity contribution in [1.29, 1.82) is 0 Å². The van der Waals surface area contributed by atoms with Gasteiger partial charge in [-0.1, -0.05) is 34.6 Å². The number of pyridine rings is 2. The van der Waals surface area contributed by atoms with Crippen LogP contribution in [0.2, 0.25) is 18.1 Å². The fraction of sp³-hybridized carbons (Fsp3) is 0.586. The van der Waals surface area contributed by atoms with Crippen molar-refractivity contribution in [3.8, 4) is 0 Å². The number of piperidine rings is 1. The summed E-state index contributed by atoms with van der Waals surface area (Å²) in [6.07, 6.45) is 6.63. The maximum Gasteiger partial charge on any atom is 0.192 e. The molecule has 2 aliphatic rings. The van der Waals surface area contributed by atoms with E-state index in [2.05, 4.69) is 68.6 Å². The molecule has 3 aromatic heterocycles. The summed E-state index contributed by atoms with van der Waals surface area (Å²) in [6, 6.07) is 5.90. The van der Waals surface area contributed by atoms with Crippen LogP contribution in [0.1, 0.15) is 74.4 Å². The van der Waals surface area contributed by atoms with Crippen LogP contribution in [-0.4, -0.2) is 48.2 Å². The van der Waals surface area contributed by atoms with Crippen LogP contribution in [-0.2, 0) is 10.8 Å². The Labute approximate surface area is 226 Å². The van der Waals surface area contributed by atoms with Gasteiger partial charge in [-0.05, 0) is 61.0 Å². The predicted molar refractivity (Wildman–Crippen MR) is 154 cm³/mol. The summed E-state index contributed by atoms with van der Waals surface area (Å²) in [7, 11) is -1.85. The fourth-order valence-corrected chi connectivity index (χ4v) is 7.68. The highest BCUT2D eigenvalue weighted by Gasteiger charge is 2.43. The first kappa shape index (κ1) is 26.4. The summed E-state index contributed by atoms with van der Waals surface area (Å²) >= 11 is 1.71. The molecule has 1 unspecified atom stereocenters. The molecule has 1 saturated heterocycles. The Morgan fingerprint density at radius 1 is 1.11 bits per heavy atom. The number of carbonyl (C=O) groups excluding carboxylic acids is 1. The lowest BCUT2D eigenvalue weighted by Crippen LogP contribution is -2.54. The van der Waals surface area contributed by atoms with Gasteiger partial charge >= 0.3 is 0 Å². The normalized spacial score (nSPS) is 23.0. The van der Waals surface area contributed by atoms with E-state index < -0.39 is 8.32 Å². The van der Waals surface area contributed by atoms with E-state index in [9.17, 15) is 4.79 Å². The molecular weight excluding hydrogens is 496 g/mol. The molecule has 1 aliphatic heterocycles. The van der Waals surface area contributed by atoms with Crippen molar-refractivity contribution in [2.24, 2.45) is 11.8 Å². The molecule has 0 bridgehead atoms. The van der Waals surface area contributed by atoms with E-state index in [1.54, 1.807) is 11.3 Å². The van der Waals surface area contributed by atoms with Gasteiger partial charge in [-0.3, -0.25) is 9.78 Å². The largest absolute Gasteiger partial charge is 0.413 e. The molecule has 0 spiro atoms. The van der Waals surface area contributed by atoms with Gasteiger partial charge in [0, 0.05) is 49.1 Å². The Morgan fingerprint density at radius 2 is 1.81 bits per heavy atom. The Kier molecular flexibility index (Phi) is 7.05. The third-order valence-electron chi connectivity index (χ3n) is 8.43. The maximum atomic E-state index is 13.3. The average Bonchev–Trinajstić information content (AvgIpc) is 3.59.